The third-order valence-corrected chi connectivity index (χ3v) is 4.31. The third kappa shape index (κ3) is 5.62. The highest BCUT2D eigenvalue weighted by Gasteiger charge is 2.16. The van der Waals surface area contributed by atoms with Gasteiger partial charge in [-0.25, -0.2) is 0 Å². The first-order valence-corrected chi connectivity index (χ1v) is 9.32. The Kier molecular flexibility index (Phi) is 6.74. The number of nitrogens with one attached hydrogen (secondary N) is 1. The number of carbonyl (C=O) groups excluding carboxylic acids is 1. The SMILES string of the molecule is C[C@H](Oc1ccc(Cl)cc1Cl)C(=O)Nc1cccc(OCc2ccccn2)c1. The van der Waals surface area contributed by atoms with Crippen LogP contribution in [-0.4, -0.2) is 17.0 Å². The van der Waals surface area contributed by atoms with Crippen molar-refractivity contribution in [3.63, 3.8) is 0 Å². The van der Waals surface area contributed by atoms with Crippen LogP contribution in [0.3, 0.4) is 0 Å². The zero-order chi connectivity index (χ0) is 19.9. The van der Waals surface area contributed by atoms with Gasteiger partial charge < -0.3 is 14.8 Å². The van der Waals surface area contributed by atoms with Crippen molar-refractivity contribution in [2.24, 2.45) is 0 Å². The molecular weight excluding hydrogens is 399 g/mol. The number of halogens is 2. The molecule has 0 spiro atoms. The minimum atomic E-state index is -0.753. The summed E-state index contributed by atoms with van der Waals surface area (Å²) in [6.07, 6.45) is 0.959. The molecule has 0 saturated heterocycles. The van der Waals surface area contributed by atoms with Gasteiger partial charge in [-0.1, -0.05) is 35.3 Å². The zero-order valence-corrected chi connectivity index (χ0v) is 16.6. The van der Waals surface area contributed by atoms with Crippen LogP contribution in [0.2, 0.25) is 10.0 Å². The fourth-order valence-corrected chi connectivity index (χ4v) is 2.82. The van der Waals surface area contributed by atoms with E-state index in [1.54, 1.807) is 49.5 Å². The molecule has 7 heteroatoms. The minimum Gasteiger partial charge on any atom is -0.487 e. The van der Waals surface area contributed by atoms with Crippen molar-refractivity contribution in [2.75, 3.05) is 5.32 Å². The van der Waals surface area contributed by atoms with Crippen molar-refractivity contribution < 1.29 is 14.3 Å². The number of carbonyl (C=O) groups is 1. The second-order valence-corrected chi connectivity index (χ2v) is 6.81. The minimum absolute atomic E-state index is 0.312. The van der Waals surface area contributed by atoms with Crippen LogP contribution >= 0.6 is 23.2 Å². The molecular formula is C21H18Cl2N2O3. The van der Waals surface area contributed by atoms with Crippen LogP contribution in [0.1, 0.15) is 12.6 Å². The van der Waals surface area contributed by atoms with Gasteiger partial charge in [0, 0.05) is 23.0 Å². The molecule has 28 heavy (non-hydrogen) atoms. The number of nitrogens with zero attached hydrogens (tertiary/aromatic N) is 1. The number of anilines is 1. The number of pyridine rings is 1. The van der Waals surface area contributed by atoms with Gasteiger partial charge in [0.2, 0.25) is 0 Å². The average Bonchev–Trinajstić information content (AvgIpc) is 2.69. The van der Waals surface area contributed by atoms with Gasteiger partial charge in [-0.15, -0.1) is 0 Å². The second kappa shape index (κ2) is 9.44. The fraction of sp³-hybridized carbons (Fsp3) is 0.143. The van der Waals surface area contributed by atoms with Crippen LogP contribution in [0.5, 0.6) is 11.5 Å². The molecule has 0 aliphatic heterocycles. The smallest absolute Gasteiger partial charge is 0.265 e. The molecule has 1 N–H and O–H groups in total. The van der Waals surface area contributed by atoms with E-state index in [9.17, 15) is 4.79 Å². The predicted octanol–water partition coefficient (Wildman–Crippen LogP) is 5.37. The Hall–Kier alpha value is -2.76. The molecule has 2 aromatic carbocycles. The Labute approximate surface area is 173 Å². The Morgan fingerprint density at radius 1 is 1.11 bits per heavy atom. The Bertz CT molecular complexity index is 951. The molecule has 0 fully saturated rings. The summed E-state index contributed by atoms with van der Waals surface area (Å²) < 4.78 is 11.3. The van der Waals surface area contributed by atoms with Gasteiger partial charge in [-0.3, -0.25) is 9.78 Å². The Morgan fingerprint density at radius 3 is 2.71 bits per heavy atom. The lowest BCUT2D eigenvalue weighted by molar-refractivity contribution is -0.122. The van der Waals surface area contributed by atoms with Gasteiger partial charge >= 0.3 is 0 Å². The number of rotatable bonds is 7. The third-order valence-electron chi connectivity index (χ3n) is 3.78. The van der Waals surface area contributed by atoms with E-state index in [1.165, 1.54) is 0 Å². The van der Waals surface area contributed by atoms with Crippen LogP contribution < -0.4 is 14.8 Å². The van der Waals surface area contributed by atoms with E-state index >= 15 is 0 Å². The number of ether oxygens (including phenoxy) is 2. The van der Waals surface area contributed by atoms with Crippen LogP contribution in [0, 0.1) is 0 Å². The van der Waals surface area contributed by atoms with Gasteiger partial charge in [0.1, 0.15) is 18.1 Å². The van der Waals surface area contributed by atoms with E-state index in [-0.39, 0.29) is 5.91 Å². The lowest BCUT2D eigenvalue weighted by atomic mass is 10.2. The highest BCUT2D eigenvalue weighted by atomic mass is 35.5. The number of aromatic nitrogens is 1. The van der Waals surface area contributed by atoms with Crippen LogP contribution in [0.4, 0.5) is 5.69 Å². The first-order valence-electron chi connectivity index (χ1n) is 8.56. The average molecular weight is 417 g/mol. The van der Waals surface area contributed by atoms with Crippen molar-refractivity contribution in [3.8, 4) is 11.5 Å². The standard InChI is InChI=1S/C21H18Cl2N2O3/c1-14(28-20-9-8-15(22)11-19(20)23)21(26)25-16-6-4-7-18(12-16)27-13-17-5-2-3-10-24-17/h2-12,14H,13H2,1H3,(H,25,26)/t14-/m0/s1. The zero-order valence-electron chi connectivity index (χ0n) is 15.1. The first-order chi connectivity index (χ1) is 13.5. The normalized spacial score (nSPS) is 11.5. The molecule has 0 aliphatic rings. The first kappa shape index (κ1) is 20.0. The van der Waals surface area contributed by atoms with Crippen LogP contribution in [0.25, 0.3) is 0 Å². The predicted molar refractivity (Wildman–Crippen MR) is 110 cm³/mol. The maximum absolute atomic E-state index is 12.4. The summed E-state index contributed by atoms with van der Waals surface area (Å²) in [4.78, 5) is 16.6. The van der Waals surface area contributed by atoms with Gasteiger partial charge in [0.15, 0.2) is 6.10 Å². The maximum Gasteiger partial charge on any atom is 0.265 e. The molecule has 5 nitrogen and oxygen atoms in total. The number of hydrogen-bond acceptors (Lipinski definition) is 4. The Balaban J connectivity index is 1.58. The van der Waals surface area contributed by atoms with Crippen LogP contribution in [-0.2, 0) is 11.4 Å². The van der Waals surface area contributed by atoms with Gasteiger partial charge in [0.05, 0.1) is 10.7 Å². The molecule has 0 radical (unpaired) electrons. The summed E-state index contributed by atoms with van der Waals surface area (Å²) in [5.74, 6) is 0.701. The van der Waals surface area contributed by atoms with Crippen molar-refractivity contribution >= 4 is 34.8 Å². The van der Waals surface area contributed by atoms with Crippen molar-refractivity contribution in [1.29, 1.82) is 0 Å². The summed E-state index contributed by atoms with van der Waals surface area (Å²) in [6.45, 7) is 1.98. The number of hydrogen-bond donors (Lipinski definition) is 1. The Morgan fingerprint density at radius 2 is 1.96 bits per heavy atom. The van der Waals surface area contributed by atoms with Gasteiger partial charge in [-0.2, -0.15) is 0 Å². The molecule has 1 aromatic heterocycles. The van der Waals surface area contributed by atoms with E-state index in [0.29, 0.717) is 33.8 Å². The lowest BCUT2D eigenvalue weighted by Gasteiger charge is -2.16. The largest absolute Gasteiger partial charge is 0.487 e. The highest BCUT2D eigenvalue weighted by molar-refractivity contribution is 6.35. The van der Waals surface area contributed by atoms with Crippen molar-refractivity contribution in [1.82, 2.24) is 4.98 Å². The summed E-state index contributed by atoms with van der Waals surface area (Å²) in [6, 6.07) is 17.6. The van der Waals surface area contributed by atoms with E-state index in [0.717, 1.165) is 5.69 Å². The molecule has 0 saturated carbocycles. The van der Waals surface area contributed by atoms with E-state index in [4.69, 9.17) is 32.7 Å². The summed E-state index contributed by atoms with van der Waals surface area (Å²) in [5, 5.41) is 3.64. The molecule has 1 heterocycles. The topological polar surface area (TPSA) is 60.5 Å². The highest BCUT2D eigenvalue weighted by Crippen LogP contribution is 2.28. The van der Waals surface area contributed by atoms with Gasteiger partial charge in [-0.05, 0) is 49.4 Å². The number of benzene rings is 2. The van der Waals surface area contributed by atoms with E-state index in [2.05, 4.69) is 10.3 Å². The monoisotopic (exact) mass is 416 g/mol. The maximum atomic E-state index is 12.4. The summed E-state index contributed by atoms with van der Waals surface area (Å²) in [5.41, 5.74) is 1.42. The molecule has 0 unspecified atom stereocenters. The van der Waals surface area contributed by atoms with Crippen LogP contribution in [0.15, 0.2) is 66.9 Å². The molecule has 144 valence electrons. The molecule has 3 aromatic rings. The van der Waals surface area contributed by atoms with Crippen molar-refractivity contribution in [3.05, 3.63) is 82.6 Å². The molecule has 1 amide bonds. The van der Waals surface area contributed by atoms with Gasteiger partial charge in [0.25, 0.3) is 5.91 Å². The molecule has 1 atom stereocenters. The second-order valence-electron chi connectivity index (χ2n) is 5.96. The van der Waals surface area contributed by atoms with E-state index < -0.39 is 6.10 Å². The molecule has 0 aliphatic carbocycles. The summed E-state index contributed by atoms with van der Waals surface area (Å²) in [7, 11) is 0. The van der Waals surface area contributed by atoms with E-state index in [1.807, 2.05) is 24.3 Å². The summed E-state index contributed by atoms with van der Waals surface area (Å²) >= 11 is 11.9. The molecule has 3 rings (SSSR count). The van der Waals surface area contributed by atoms with Crippen molar-refractivity contribution in [2.45, 2.75) is 19.6 Å². The number of amides is 1. The quantitative estimate of drug-likeness (QED) is 0.561. The lowest BCUT2D eigenvalue weighted by Crippen LogP contribution is -2.30. The molecule has 0 bridgehead atoms. The fourth-order valence-electron chi connectivity index (χ4n) is 2.36.